The van der Waals surface area contributed by atoms with Crippen LogP contribution in [0.3, 0.4) is 0 Å². The molecule has 1 aliphatic rings. The van der Waals surface area contributed by atoms with Gasteiger partial charge in [-0.05, 0) is 55.0 Å². The van der Waals surface area contributed by atoms with Crippen LogP contribution >= 0.6 is 47.2 Å². The summed E-state index contributed by atoms with van der Waals surface area (Å²) >= 11 is 18.7. The van der Waals surface area contributed by atoms with Gasteiger partial charge in [-0.2, -0.15) is 0 Å². The minimum Gasteiger partial charge on any atom is -0.490 e. The summed E-state index contributed by atoms with van der Waals surface area (Å²) in [6.07, 6.45) is 1.74. The third-order valence-electron chi connectivity index (χ3n) is 4.86. The molecule has 0 bridgehead atoms. The topological polar surface area (TPSA) is 38.8 Å². The fraction of sp³-hybridized carbons (Fsp3) is 0.120. The fourth-order valence-electron chi connectivity index (χ4n) is 3.24. The van der Waals surface area contributed by atoms with Crippen molar-refractivity contribution in [2.75, 3.05) is 11.5 Å². The van der Waals surface area contributed by atoms with Crippen LogP contribution in [0.1, 0.15) is 18.1 Å². The Bertz CT molecular complexity index is 1300. The summed E-state index contributed by atoms with van der Waals surface area (Å²) in [6, 6.07) is 16.7. The van der Waals surface area contributed by atoms with E-state index in [0.29, 0.717) is 48.6 Å². The van der Waals surface area contributed by atoms with E-state index in [1.165, 1.54) is 22.7 Å². The molecule has 1 aliphatic heterocycles. The van der Waals surface area contributed by atoms with Crippen molar-refractivity contribution >= 4 is 69.2 Å². The van der Waals surface area contributed by atoms with Crippen molar-refractivity contribution in [1.82, 2.24) is 0 Å². The van der Waals surface area contributed by atoms with Gasteiger partial charge in [-0.15, -0.1) is 0 Å². The molecule has 34 heavy (non-hydrogen) atoms. The number of rotatable bonds is 7. The summed E-state index contributed by atoms with van der Waals surface area (Å²) in [7, 11) is 0. The van der Waals surface area contributed by atoms with E-state index in [4.69, 9.17) is 44.9 Å². The Labute approximate surface area is 216 Å². The van der Waals surface area contributed by atoms with Gasteiger partial charge in [-0.25, -0.2) is 4.39 Å². The molecule has 174 valence electrons. The molecule has 9 heteroatoms. The monoisotopic (exact) mass is 533 g/mol. The lowest BCUT2D eigenvalue weighted by Gasteiger charge is -2.15. The van der Waals surface area contributed by atoms with Crippen LogP contribution in [0.4, 0.5) is 10.1 Å². The fourth-order valence-corrected chi connectivity index (χ4v) is 4.83. The molecular formula is C25H18Cl2FNO3S2. The Morgan fingerprint density at radius 3 is 2.56 bits per heavy atom. The second kappa shape index (κ2) is 10.8. The highest BCUT2D eigenvalue weighted by Crippen LogP contribution is 2.39. The Balaban J connectivity index is 1.56. The van der Waals surface area contributed by atoms with Crippen molar-refractivity contribution < 1.29 is 18.7 Å². The molecule has 0 spiro atoms. The van der Waals surface area contributed by atoms with E-state index in [1.807, 2.05) is 6.92 Å². The van der Waals surface area contributed by atoms with Crippen LogP contribution in [0.15, 0.2) is 65.6 Å². The van der Waals surface area contributed by atoms with Crippen molar-refractivity contribution in [3.8, 4) is 11.5 Å². The lowest BCUT2D eigenvalue weighted by Crippen LogP contribution is -2.27. The molecule has 3 aromatic rings. The standard InChI is InChI=1S/C25H18Cl2FNO3S2/c1-2-31-22-11-15(7-10-21(22)32-14-16-5-3-4-6-20(16)28)12-23-24(30)29(25(33)34-23)17-8-9-18(26)19(27)13-17/h3-13H,2,14H2,1H3/b23-12-. The quantitative estimate of drug-likeness (QED) is 0.232. The maximum absolute atomic E-state index is 13.9. The highest BCUT2D eigenvalue weighted by atomic mass is 35.5. The van der Waals surface area contributed by atoms with Crippen LogP contribution in [-0.2, 0) is 11.4 Å². The van der Waals surface area contributed by atoms with Crippen molar-refractivity contribution in [3.05, 3.63) is 92.6 Å². The predicted molar refractivity (Wildman–Crippen MR) is 140 cm³/mol. The molecule has 0 aromatic heterocycles. The van der Waals surface area contributed by atoms with E-state index in [1.54, 1.807) is 60.7 Å². The Kier molecular flexibility index (Phi) is 7.78. The SMILES string of the molecule is CCOc1cc(/C=C2\SC(=S)N(c3ccc(Cl)c(Cl)c3)C2=O)ccc1OCc1ccccc1F. The van der Waals surface area contributed by atoms with Crippen molar-refractivity contribution in [2.45, 2.75) is 13.5 Å². The van der Waals surface area contributed by atoms with Crippen LogP contribution in [0.5, 0.6) is 11.5 Å². The molecule has 0 saturated carbocycles. The van der Waals surface area contributed by atoms with Gasteiger partial charge < -0.3 is 9.47 Å². The maximum atomic E-state index is 13.9. The first kappa shape index (κ1) is 24.5. The number of thiocarbonyl (C=S) groups is 1. The molecule has 4 nitrogen and oxygen atoms in total. The zero-order chi connectivity index (χ0) is 24.2. The largest absolute Gasteiger partial charge is 0.490 e. The van der Waals surface area contributed by atoms with Crippen LogP contribution in [0, 0.1) is 5.82 Å². The van der Waals surface area contributed by atoms with Crippen molar-refractivity contribution in [2.24, 2.45) is 0 Å². The van der Waals surface area contributed by atoms with Gasteiger partial charge in [0.25, 0.3) is 5.91 Å². The van der Waals surface area contributed by atoms with Crippen LogP contribution in [-0.4, -0.2) is 16.8 Å². The van der Waals surface area contributed by atoms with E-state index in [0.717, 1.165) is 5.56 Å². The van der Waals surface area contributed by atoms with Gasteiger partial charge >= 0.3 is 0 Å². The summed E-state index contributed by atoms with van der Waals surface area (Å²) in [6.45, 7) is 2.34. The molecule has 0 unspecified atom stereocenters. The number of carbonyl (C=O) groups is 1. The van der Waals surface area contributed by atoms with E-state index < -0.39 is 0 Å². The molecule has 4 rings (SSSR count). The summed E-state index contributed by atoms with van der Waals surface area (Å²) in [5, 5.41) is 0.733. The lowest BCUT2D eigenvalue weighted by atomic mass is 10.1. The number of hydrogen-bond acceptors (Lipinski definition) is 5. The van der Waals surface area contributed by atoms with Crippen LogP contribution < -0.4 is 14.4 Å². The van der Waals surface area contributed by atoms with Crippen LogP contribution in [0.25, 0.3) is 6.08 Å². The minimum absolute atomic E-state index is 0.0639. The zero-order valence-corrected chi connectivity index (χ0v) is 21.0. The third kappa shape index (κ3) is 5.39. The summed E-state index contributed by atoms with van der Waals surface area (Å²) < 4.78 is 25.8. The summed E-state index contributed by atoms with van der Waals surface area (Å²) in [5.74, 6) is 0.380. The van der Waals surface area contributed by atoms with Gasteiger partial charge in [0.2, 0.25) is 0 Å². The highest BCUT2D eigenvalue weighted by molar-refractivity contribution is 8.27. The van der Waals surface area contributed by atoms with Gasteiger partial charge in [0.05, 0.1) is 27.2 Å². The molecule has 1 amide bonds. The normalized spacial score (nSPS) is 14.7. The Morgan fingerprint density at radius 2 is 1.82 bits per heavy atom. The van der Waals surface area contributed by atoms with E-state index in [9.17, 15) is 9.18 Å². The second-order valence-electron chi connectivity index (χ2n) is 7.13. The third-order valence-corrected chi connectivity index (χ3v) is 6.90. The molecule has 0 atom stereocenters. The van der Waals surface area contributed by atoms with Gasteiger partial charge in [0.15, 0.2) is 15.8 Å². The average Bonchev–Trinajstić information content (AvgIpc) is 3.09. The molecule has 3 aromatic carbocycles. The first-order valence-electron chi connectivity index (χ1n) is 10.2. The lowest BCUT2D eigenvalue weighted by molar-refractivity contribution is -0.113. The number of anilines is 1. The molecule has 0 N–H and O–H groups in total. The number of ether oxygens (including phenoxy) is 2. The number of nitrogens with zero attached hydrogens (tertiary/aromatic N) is 1. The van der Waals surface area contributed by atoms with Crippen molar-refractivity contribution in [3.63, 3.8) is 0 Å². The molecule has 0 radical (unpaired) electrons. The minimum atomic E-state index is -0.332. The van der Waals surface area contributed by atoms with Gasteiger partial charge in [-0.3, -0.25) is 9.69 Å². The number of amides is 1. The van der Waals surface area contributed by atoms with Gasteiger partial charge in [0.1, 0.15) is 12.4 Å². The second-order valence-corrected chi connectivity index (χ2v) is 9.62. The van der Waals surface area contributed by atoms with E-state index in [2.05, 4.69) is 0 Å². The smallest absolute Gasteiger partial charge is 0.270 e. The van der Waals surface area contributed by atoms with Gasteiger partial charge in [-0.1, -0.05) is 71.4 Å². The van der Waals surface area contributed by atoms with E-state index >= 15 is 0 Å². The average molecular weight is 534 g/mol. The first-order valence-corrected chi connectivity index (χ1v) is 12.2. The summed E-state index contributed by atoms with van der Waals surface area (Å²) in [4.78, 5) is 14.9. The molecule has 1 saturated heterocycles. The maximum Gasteiger partial charge on any atom is 0.270 e. The number of hydrogen-bond donors (Lipinski definition) is 0. The number of thioether (sulfide) groups is 1. The Hall–Kier alpha value is -2.58. The Morgan fingerprint density at radius 1 is 1.03 bits per heavy atom. The molecule has 1 heterocycles. The molecule has 1 fully saturated rings. The predicted octanol–water partition coefficient (Wildman–Crippen LogP) is 7.52. The van der Waals surface area contributed by atoms with Crippen molar-refractivity contribution in [1.29, 1.82) is 0 Å². The van der Waals surface area contributed by atoms with Crippen LogP contribution in [0.2, 0.25) is 10.0 Å². The molecule has 0 aliphatic carbocycles. The number of benzene rings is 3. The van der Waals surface area contributed by atoms with E-state index in [-0.39, 0.29) is 18.3 Å². The number of halogens is 3. The van der Waals surface area contributed by atoms with Gasteiger partial charge in [0, 0.05) is 5.56 Å². The first-order chi connectivity index (χ1) is 16.4. The summed E-state index contributed by atoms with van der Waals surface area (Å²) in [5.41, 5.74) is 1.73. The highest BCUT2D eigenvalue weighted by Gasteiger charge is 2.33. The number of carbonyl (C=O) groups excluding carboxylic acids is 1. The zero-order valence-electron chi connectivity index (χ0n) is 17.9. The molecular weight excluding hydrogens is 516 g/mol.